The number of rotatable bonds is 5. The van der Waals surface area contributed by atoms with Gasteiger partial charge >= 0.3 is 0 Å². The minimum Gasteiger partial charge on any atom is -0.377 e. The van der Waals surface area contributed by atoms with Gasteiger partial charge in [0.1, 0.15) is 5.82 Å². The molecular weight excluding hydrogens is 205 g/mol. The smallest absolute Gasteiger partial charge is 0.123 e. The molecule has 2 N–H and O–H groups in total. The lowest BCUT2D eigenvalue weighted by molar-refractivity contribution is 0.0576. The summed E-state index contributed by atoms with van der Waals surface area (Å²) in [5.41, 5.74) is 8.03. The number of nitrogens with two attached hydrogens (primary N) is 1. The molecule has 0 spiro atoms. The van der Waals surface area contributed by atoms with Gasteiger partial charge in [0.2, 0.25) is 0 Å². The zero-order chi connectivity index (χ0) is 12.1. The Bertz CT molecular complexity index is 341. The van der Waals surface area contributed by atoms with Crippen LogP contribution in [0.3, 0.4) is 0 Å². The number of ether oxygens (including phenoxy) is 1. The molecule has 3 heteroatoms. The Morgan fingerprint density at radius 1 is 1.44 bits per heavy atom. The molecule has 16 heavy (non-hydrogen) atoms. The van der Waals surface area contributed by atoms with Crippen molar-refractivity contribution in [1.29, 1.82) is 0 Å². The second-order valence-corrected chi connectivity index (χ2v) is 4.10. The van der Waals surface area contributed by atoms with Crippen molar-refractivity contribution in [1.82, 2.24) is 0 Å². The van der Waals surface area contributed by atoms with Gasteiger partial charge in [0.25, 0.3) is 0 Å². The van der Waals surface area contributed by atoms with Crippen molar-refractivity contribution in [2.75, 3.05) is 6.61 Å². The first kappa shape index (κ1) is 13.1. The van der Waals surface area contributed by atoms with E-state index in [4.69, 9.17) is 10.5 Å². The predicted octanol–water partition coefficient (Wildman–Crippen LogP) is 2.43. The SMILES string of the molecule is CCOC(C)C(N)Cc1cc(F)ccc1C. The highest BCUT2D eigenvalue weighted by molar-refractivity contribution is 5.27. The third kappa shape index (κ3) is 3.58. The monoisotopic (exact) mass is 225 g/mol. The van der Waals surface area contributed by atoms with Crippen LogP contribution in [0, 0.1) is 12.7 Å². The highest BCUT2D eigenvalue weighted by atomic mass is 19.1. The maximum absolute atomic E-state index is 13.1. The Kier molecular flexibility index (Phi) is 4.90. The van der Waals surface area contributed by atoms with Gasteiger partial charge in [-0.15, -0.1) is 0 Å². The van der Waals surface area contributed by atoms with Crippen LogP contribution in [0.4, 0.5) is 4.39 Å². The zero-order valence-corrected chi connectivity index (χ0v) is 10.2. The molecule has 1 rings (SSSR count). The fourth-order valence-corrected chi connectivity index (χ4v) is 1.67. The first-order chi connectivity index (χ1) is 7.54. The van der Waals surface area contributed by atoms with E-state index in [1.807, 2.05) is 20.8 Å². The Morgan fingerprint density at radius 3 is 2.75 bits per heavy atom. The number of hydrogen-bond acceptors (Lipinski definition) is 2. The molecule has 0 fully saturated rings. The highest BCUT2D eigenvalue weighted by Crippen LogP contribution is 2.13. The van der Waals surface area contributed by atoms with Crippen LogP contribution in [0.25, 0.3) is 0 Å². The fraction of sp³-hybridized carbons (Fsp3) is 0.538. The quantitative estimate of drug-likeness (QED) is 0.835. The number of halogens is 1. The largest absolute Gasteiger partial charge is 0.377 e. The van der Waals surface area contributed by atoms with E-state index in [1.165, 1.54) is 6.07 Å². The van der Waals surface area contributed by atoms with Crippen LogP contribution < -0.4 is 5.73 Å². The predicted molar refractivity (Wildman–Crippen MR) is 63.9 cm³/mol. The number of aryl methyl sites for hydroxylation is 1. The summed E-state index contributed by atoms with van der Waals surface area (Å²) in [5, 5.41) is 0. The van der Waals surface area contributed by atoms with Gasteiger partial charge in [-0.1, -0.05) is 6.07 Å². The normalized spacial score (nSPS) is 14.8. The van der Waals surface area contributed by atoms with Gasteiger partial charge in [-0.3, -0.25) is 0 Å². The van der Waals surface area contributed by atoms with Crippen LogP contribution in [-0.2, 0) is 11.2 Å². The Morgan fingerprint density at radius 2 is 2.12 bits per heavy atom. The van der Waals surface area contributed by atoms with Crippen molar-refractivity contribution in [3.05, 3.63) is 35.1 Å². The van der Waals surface area contributed by atoms with Crippen molar-refractivity contribution >= 4 is 0 Å². The summed E-state index contributed by atoms with van der Waals surface area (Å²) in [4.78, 5) is 0. The van der Waals surface area contributed by atoms with Crippen molar-refractivity contribution in [2.45, 2.75) is 39.3 Å². The summed E-state index contributed by atoms with van der Waals surface area (Å²) >= 11 is 0. The summed E-state index contributed by atoms with van der Waals surface area (Å²) in [5.74, 6) is -0.211. The summed E-state index contributed by atoms with van der Waals surface area (Å²) in [6.07, 6.45) is 0.637. The fourth-order valence-electron chi connectivity index (χ4n) is 1.67. The Hall–Kier alpha value is -0.930. The summed E-state index contributed by atoms with van der Waals surface area (Å²) in [7, 11) is 0. The molecule has 90 valence electrons. The van der Waals surface area contributed by atoms with Gasteiger partial charge in [0, 0.05) is 12.6 Å². The molecule has 1 aromatic rings. The van der Waals surface area contributed by atoms with E-state index in [-0.39, 0.29) is 18.0 Å². The summed E-state index contributed by atoms with van der Waals surface area (Å²) in [6, 6.07) is 4.70. The molecule has 0 saturated heterocycles. The minimum absolute atomic E-state index is 0.00679. The standard InChI is InChI=1S/C13H20FNO/c1-4-16-10(3)13(15)8-11-7-12(14)6-5-9(11)2/h5-7,10,13H,4,8,15H2,1-3H3. The van der Waals surface area contributed by atoms with Gasteiger partial charge in [0.05, 0.1) is 6.10 Å². The van der Waals surface area contributed by atoms with E-state index in [9.17, 15) is 4.39 Å². The lowest BCUT2D eigenvalue weighted by Gasteiger charge is -2.20. The topological polar surface area (TPSA) is 35.2 Å². The first-order valence-corrected chi connectivity index (χ1v) is 5.66. The molecule has 0 bridgehead atoms. The van der Waals surface area contributed by atoms with Crippen LogP contribution in [0.2, 0.25) is 0 Å². The van der Waals surface area contributed by atoms with Gasteiger partial charge in [-0.05, 0) is 50.5 Å². The third-order valence-corrected chi connectivity index (χ3v) is 2.80. The average Bonchev–Trinajstić information content (AvgIpc) is 2.23. The molecule has 0 radical (unpaired) electrons. The molecular formula is C13H20FNO. The van der Waals surface area contributed by atoms with Crippen LogP contribution in [-0.4, -0.2) is 18.8 Å². The second kappa shape index (κ2) is 5.97. The van der Waals surface area contributed by atoms with E-state index in [2.05, 4.69) is 0 Å². The highest BCUT2D eigenvalue weighted by Gasteiger charge is 2.14. The maximum atomic E-state index is 13.1. The molecule has 0 heterocycles. The molecule has 2 atom stereocenters. The molecule has 2 nitrogen and oxygen atoms in total. The molecule has 0 amide bonds. The minimum atomic E-state index is -0.211. The second-order valence-electron chi connectivity index (χ2n) is 4.10. The Balaban J connectivity index is 2.68. The maximum Gasteiger partial charge on any atom is 0.123 e. The van der Waals surface area contributed by atoms with E-state index in [0.29, 0.717) is 13.0 Å². The van der Waals surface area contributed by atoms with Gasteiger partial charge in [0.15, 0.2) is 0 Å². The lowest BCUT2D eigenvalue weighted by Crippen LogP contribution is -2.36. The van der Waals surface area contributed by atoms with Crippen molar-refractivity contribution in [3.8, 4) is 0 Å². The van der Waals surface area contributed by atoms with Crippen molar-refractivity contribution in [2.24, 2.45) is 5.73 Å². The molecule has 0 aromatic heterocycles. The molecule has 0 aliphatic heterocycles. The van der Waals surface area contributed by atoms with E-state index in [1.54, 1.807) is 12.1 Å². The summed E-state index contributed by atoms with van der Waals surface area (Å²) < 4.78 is 18.5. The molecule has 0 aliphatic carbocycles. The van der Waals surface area contributed by atoms with Crippen LogP contribution in [0.15, 0.2) is 18.2 Å². The molecule has 1 aromatic carbocycles. The molecule has 0 saturated carbocycles. The molecule has 0 aliphatic rings. The van der Waals surface area contributed by atoms with Gasteiger partial charge in [-0.2, -0.15) is 0 Å². The Labute approximate surface area is 96.6 Å². The van der Waals surface area contributed by atoms with Crippen LogP contribution in [0.1, 0.15) is 25.0 Å². The zero-order valence-electron chi connectivity index (χ0n) is 10.2. The van der Waals surface area contributed by atoms with Crippen molar-refractivity contribution in [3.63, 3.8) is 0 Å². The average molecular weight is 225 g/mol. The number of benzene rings is 1. The summed E-state index contributed by atoms with van der Waals surface area (Å²) in [6.45, 7) is 6.50. The van der Waals surface area contributed by atoms with Crippen molar-refractivity contribution < 1.29 is 9.13 Å². The first-order valence-electron chi connectivity index (χ1n) is 5.66. The van der Waals surface area contributed by atoms with E-state index >= 15 is 0 Å². The molecule has 2 unspecified atom stereocenters. The van der Waals surface area contributed by atoms with Crippen LogP contribution in [0.5, 0.6) is 0 Å². The van der Waals surface area contributed by atoms with Gasteiger partial charge < -0.3 is 10.5 Å². The van der Waals surface area contributed by atoms with Crippen LogP contribution >= 0.6 is 0 Å². The lowest BCUT2D eigenvalue weighted by atomic mass is 9.99. The number of hydrogen-bond donors (Lipinski definition) is 1. The third-order valence-electron chi connectivity index (χ3n) is 2.80. The van der Waals surface area contributed by atoms with Gasteiger partial charge in [-0.25, -0.2) is 4.39 Å². The van der Waals surface area contributed by atoms with E-state index in [0.717, 1.165) is 11.1 Å². The van der Waals surface area contributed by atoms with E-state index < -0.39 is 0 Å².